The predicted octanol–water partition coefficient (Wildman–Crippen LogP) is 1.60. The van der Waals surface area contributed by atoms with E-state index >= 15 is 0 Å². The summed E-state index contributed by atoms with van der Waals surface area (Å²) in [7, 11) is 1.51. The number of aryl methyl sites for hydroxylation is 1. The summed E-state index contributed by atoms with van der Waals surface area (Å²) < 4.78 is 5.11. The van der Waals surface area contributed by atoms with E-state index in [0.29, 0.717) is 24.3 Å². The Morgan fingerprint density at radius 2 is 2.11 bits per heavy atom. The lowest BCUT2D eigenvalue weighted by atomic mass is 10.1. The van der Waals surface area contributed by atoms with Gasteiger partial charge in [-0.25, -0.2) is 0 Å². The van der Waals surface area contributed by atoms with Crippen LogP contribution in [0.1, 0.15) is 28.8 Å². The minimum Gasteiger partial charge on any atom is -0.496 e. The molecule has 0 atom stereocenters. The first-order valence-electron chi connectivity index (χ1n) is 5.69. The molecule has 0 aliphatic carbocycles. The monoisotopic (exact) mass is 251 g/mol. The second-order valence-corrected chi connectivity index (χ2v) is 3.96. The standard InChI is InChI=1S/C13H17NO4/c1-9-5-6-11(18-2)10(8-9)13(17)14-7-3-4-12(15)16/h5-6,8H,3-4,7H2,1-2H3,(H,14,17)(H,15,16). The molecule has 2 N–H and O–H groups in total. The van der Waals surface area contributed by atoms with Crippen LogP contribution in [0.15, 0.2) is 18.2 Å². The molecule has 0 heterocycles. The molecule has 0 bridgehead atoms. The lowest BCUT2D eigenvalue weighted by Crippen LogP contribution is -2.25. The number of carboxylic acid groups (broad SMARTS) is 1. The van der Waals surface area contributed by atoms with Gasteiger partial charge in [0.2, 0.25) is 0 Å². The van der Waals surface area contributed by atoms with Crippen molar-refractivity contribution in [3.05, 3.63) is 29.3 Å². The van der Waals surface area contributed by atoms with Crippen molar-refractivity contribution in [3.63, 3.8) is 0 Å². The van der Waals surface area contributed by atoms with E-state index in [2.05, 4.69) is 5.32 Å². The quantitative estimate of drug-likeness (QED) is 0.753. The molecule has 18 heavy (non-hydrogen) atoms. The van der Waals surface area contributed by atoms with Crippen molar-refractivity contribution in [3.8, 4) is 5.75 Å². The van der Waals surface area contributed by atoms with Crippen LogP contribution in [0.4, 0.5) is 0 Å². The van der Waals surface area contributed by atoms with Crippen LogP contribution in [0.3, 0.4) is 0 Å². The van der Waals surface area contributed by atoms with Gasteiger partial charge in [0.05, 0.1) is 12.7 Å². The van der Waals surface area contributed by atoms with Gasteiger partial charge in [-0.2, -0.15) is 0 Å². The Morgan fingerprint density at radius 1 is 1.39 bits per heavy atom. The van der Waals surface area contributed by atoms with E-state index < -0.39 is 5.97 Å². The van der Waals surface area contributed by atoms with Crippen LogP contribution >= 0.6 is 0 Å². The summed E-state index contributed by atoms with van der Waals surface area (Å²) in [5.74, 6) is -0.602. The summed E-state index contributed by atoms with van der Waals surface area (Å²) in [5.41, 5.74) is 1.43. The fourth-order valence-corrected chi connectivity index (χ4v) is 1.54. The van der Waals surface area contributed by atoms with Gasteiger partial charge in [0.15, 0.2) is 0 Å². The Kier molecular flexibility index (Phi) is 5.17. The molecule has 0 saturated heterocycles. The maximum atomic E-state index is 11.9. The highest BCUT2D eigenvalue weighted by Crippen LogP contribution is 2.19. The molecule has 1 aromatic rings. The van der Waals surface area contributed by atoms with Crippen LogP contribution in [-0.4, -0.2) is 30.6 Å². The Hall–Kier alpha value is -2.04. The van der Waals surface area contributed by atoms with E-state index in [1.165, 1.54) is 7.11 Å². The van der Waals surface area contributed by atoms with Crippen molar-refractivity contribution in [1.82, 2.24) is 5.32 Å². The topological polar surface area (TPSA) is 75.6 Å². The maximum absolute atomic E-state index is 11.9. The third kappa shape index (κ3) is 4.08. The molecule has 5 nitrogen and oxygen atoms in total. The number of carbonyl (C=O) groups is 2. The molecule has 0 fully saturated rings. The largest absolute Gasteiger partial charge is 0.496 e. The third-order valence-electron chi connectivity index (χ3n) is 2.45. The fraction of sp³-hybridized carbons (Fsp3) is 0.385. The number of hydrogen-bond donors (Lipinski definition) is 2. The summed E-state index contributed by atoms with van der Waals surface area (Å²) in [4.78, 5) is 22.2. The molecule has 0 saturated carbocycles. The van der Waals surface area contributed by atoms with E-state index in [9.17, 15) is 9.59 Å². The molecular formula is C13H17NO4. The molecule has 0 unspecified atom stereocenters. The Labute approximate surface area is 106 Å². The smallest absolute Gasteiger partial charge is 0.303 e. The highest BCUT2D eigenvalue weighted by Gasteiger charge is 2.11. The lowest BCUT2D eigenvalue weighted by Gasteiger charge is -2.09. The first-order valence-corrected chi connectivity index (χ1v) is 5.69. The molecule has 98 valence electrons. The number of ether oxygens (including phenoxy) is 1. The number of hydrogen-bond acceptors (Lipinski definition) is 3. The van der Waals surface area contributed by atoms with E-state index in [0.717, 1.165) is 5.56 Å². The first-order chi connectivity index (χ1) is 8.54. The molecule has 0 radical (unpaired) electrons. The first kappa shape index (κ1) is 14.0. The molecular weight excluding hydrogens is 234 g/mol. The van der Waals surface area contributed by atoms with Crippen molar-refractivity contribution >= 4 is 11.9 Å². The Balaban J connectivity index is 2.60. The number of aliphatic carboxylic acids is 1. The van der Waals surface area contributed by atoms with E-state index in [4.69, 9.17) is 9.84 Å². The van der Waals surface area contributed by atoms with Crippen LogP contribution in [0.25, 0.3) is 0 Å². The highest BCUT2D eigenvalue weighted by atomic mass is 16.5. The molecule has 0 spiro atoms. The SMILES string of the molecule is COc1ccc(C)cc1C(=O)NCCCC(=O)O. The fourth-order valence-electron chi connectivity index (χ4n) is 1.54. The summed E-state index contributed by atoms with van der Waals surface area (Å²) >= 11 is 0. The van der Waals surface area contributed by atoms with Crippen LogP contribution in [0.5, 0.6) is 5.75 Å². The minimum absolute atomic E-state index is 0.0469. The van der Waals surface area contributed by atoms with Crippen LogP contribution in [0, 0.1) is 6.92 Å². The van der Waals surface area contributed by atoms with Gasteiger partial charge in [-0.3, -0.25) is 9.59 Å². The second-order valence-electron chi connectivity index (χ2n) is 3.96. The summed E-state index contributed by atoms with van der Waals surface area (Å²) in [6.45, 7) is 2.23. The molecule has 5 heteroatoms. The van der Waals surface area contributed by atoms with Crippen molar-refractivity contribution in [2.45, 2.75) is 19.8 Å². The molecule has 0 aliphatic heterocycles. The van der Waals surface area contributed by atoms with E-state index in [1.807, 2.05) is 13.0 Å². The molecule has 1 amide bonds. The summed E-state index contributed by atoms with van der Waals surface area (Å²) in [6, 6.07) is 5.34. The number of nitrogens with one attached hydrogen (secondary N) is 1. The average Bonchev–Trinajstić information content (AvgIpc) is 2.34. The molecule has 1 aromatic carbocycles. The maximum Gasteiger partial charge on any atom is 0.303 e. The van der Waals surface area contributed by atoms with Gasteiger partial charge in [-0.15, -0.1) is 0 Å². The molecule has 0 aliphatic rings. The van der Waals surface area contributed by atoms with Gasteiger partial charge < -0.3 is 15.2 Å². The average molecular weight is 251 g/mol. The van der Waals surface area contributed by atoms with E-state index in [-0.39, 0.29) is 12.3 Å². The van der Waals surface area contributed by atoms with Gasteiger partial charge in [0.25, 0.3) is 5.91 Å². The lowest BCUT2D eigenvalue weighted by molar-refractivity contribution is -0.137. The number of carboxylic acids is 1. The van der Waals surface area contributed by atoms with Gasteiger partial charge >= 0.3 is 5.97 Å². The van der Waals surface area contributed by atoms with Gasteiger partial charge in [0, 0.05) is 13.0 Å². The van der Waals surface area contributed by atoms with Gasteiger partial charge in [0.1, 0.15) is 5.75 Å². The number of benzene rings is 1. The van der Waals surface area contributed by atoms with Crippen molar-refractivity contribution < 1.29 is 19.4 Å². The van der Waals surface area contributed by atoms with Gasteiger partial charge in [-0.05, 0) is 25.5 Å². The normalized spacial score (nSPS) is 9.89. The number of methoxy groups -OCH3 is 1. The number of rotatable bonds is 6. The second kappa shape index (κ2) is 6.64. The molecule has 1 rings (SSSR count). The minimum atomic E-state index is -0.864. The Bertz CT molecular complexity index is 443. The van der Waals surface area contributed by atoms with Crippen LogP contribution < -0.4 is 10.1 Å². The number of carbonyl (C=O) groups excluding carboxylic acids is 1. The zero-order valence-electron chi connectivity index (χ0n) is 10.5. The predicted molar refractivity (Wildman–Crippen MR) is 66.9 cm³/mol. The number of amides is 1. The molecule has 0 aromatic heterocycles. The van der Waals surface area contributed by atoms with Crippen LogP contribution in [0.2, 0.25) is 0 Å². The highest BCUT2D eigenvalue weighted by molar-refractivity contribution is 5.97. The third-order valence-corrected chi connectivity index (χ3v) is 2.45. The van der Waals surface area contributed by atoms with Crippen molar-refractivity contribution in [1.29, 1.82) is 0 Å². The zero-order valence-corrected chi connectivity index (χ0v) is 10.5. The van der Waals surface area contributed by atoms with Gasteiger partial charge in [-0.1, -0.05) is 11.6 Å². The van der Waals surface area contributed by atoms with Crippen molar-refractivity contribution in [2.24, 2.45) is 0 Å². The summed E-state index contributed by atoms with van der Waals surface area (Å²) in [5, 5.41) is 11.2. The van der Waals surface area contributed by atoms with Crippen molar-refractivity contribution in [2.75, 3.05) is 13.7 Å². The summed E-state index contributed by atoms with van der Waals surface area (Å²) in [6.07, 6.45) is 0.459. The zero-order chi connectivity index (χ0) is 13.5. The van der Waals surface area contributed by atoms with Crippen LogP contribution in [-0.2, 0) is 4.79 Å². The van der Waals surface area contributed by atoms with E-state index in [1.54, 1.807) is 12.1 Å². The Morgan fingerprint density at radius 3 is 2.72 bits per heavy atom.